The highest BCUT2D eigenvalue weighted by atomic mass is 32.1. The highest BCUT2D eigenvalue weighted by Gasteiger charge is 2.20. The zero-order chi connectivity index (χ0) is 13.7. The molecule has 0 radical (unpaired) electrons. The third kappa shape index (κ3) is 4.32. The summed E-state index contributed by atoms with van der Waals surface area (Å²) in [6, 6.07) is 3.87. The van der Waals surface area contributed by atoms with Crippen LogP contribution in [-0.2, 0) is 0 Å². The Hall–Kier alpha value is -0.870. The molecule has 0 saturated carbocycles. The van der Waals surface area contributed by atoms with Gasteiger partial charge in [0, 0.05) is 19.6 Å². The molecule has 2 heterocycles. The molecule has 106 valence electrons. The molecule has 1 aromatic heterocycles. The second-order valence-corrected chi connectivity index (χ2v) is 6.59. The van der Waals surface area contributed by atoms with E-state index in [4.69, 9.17) is 0 Å². The van der Waals surface area contributed by atoms with E-state index < -0.39 is 0 Å². The lowest BCUT2D eigenvalue weighted by molar-refractivity contribution is 0.0766. The standard InChI is InChI=1S/C15H24N2OS/c1-13(2)6-9-16-7-4-8-17(11-10-16)15(18)14-5-3-12-19-14/h3,5,12-13H,4,6-11H2,1-2H3. The van der Waals surface area contributed by atoms with Gasteiger partial charge in [-0.3, -0.25) is 4.79 Å². The van der Waals surface area contributed by atoms with Crippen molar-refractivity contribution in [2.45, 2.75) is 26.7 Å². The number of amides is 1. The average Bonchev–Trinajstić information content (AvgIpc) is 2.81. The summed E-state index contributed by atoms with van der Waals surface area (Å²) >= 11 is 1.54. The molecular weight excluding hydrogens is 256 g/mol. The molecule has 1 aliphatic rings. The molecule has 0 aliphatic carbocycles. The van der Waals surface area contributed by atoms with Gasteiger partial charge in [-0.15, -0.1) is 11.3 Å². The third-order valence-electron chi connectivity index (χ3n) is 3.63. The molecule has 0 atom stereocenters. The van der Waals surface area contributed by atoms with E-state index in [0.29, 0.717) is 0 Å². The van der Waals surface area contributed by atoms with E-state index in [1.807, 2.05) is 22.4 Å². The van der Waals surface area contributed by atoms with Crippen molar-refractivity contribution < 1.29 is 4.79 Å². The summed E-state index contributed by atoms with van der Waals surface area (Å²) in [4.78, 5) is 17.7. The SMILES string of the molecule is CC(C)CCN1CCCN(C(=O)c2cccs2)CC1. The largest absolute Gasteiger partial charge is 0.337 e. The molecule has 1 aromatic rings. The summed E-state index contributed by atoms with van der Waals surface area (Å²) < 4.78 is 0. The fourth-order valence-corrected chi connectivity index (χ4v) is 3.09. The minimum absolute atomic E-state index is 0.209. The van der Waals surface area contributed by atoms with Crippen LogP contribution in [0.15, 0.2) is 17.5 Å². The van der Waals surface area contributed by atoms with Crippen LogP contribution in [0.1, 0.15) is 36.4 Å². The molecule has 0 bridgehead atoms. The molecule has 2 rings (SSSR count). The lowest BCUT2D eigenvalue weighted by Crippen LogP contribution is -2.35. The zero-order valence-corrected chi connectivity index (χ0v) is 12.8. The van der Waals surface area contributed by atoms with Gasteiger partial charge in [0.25, 0.3) is 5.91 Å². The Morgan fingerprint density at radius 2 is 2.16 bits per heavy atom. The molecule has 1 amide bonds. The van der Waals surface area contributed by atoms with E-state index in [2.05, 4.69) is 18.7 Å². The Morgan fingerprint density at radius 1 is 1.32 bits per heavy atom. The Kier molecular flexibility index (Phi) is 5.40. The van der Waals surface area contributed by atoms with Crippen LogP contribution in [-0.4, -0.2) is 48.4 Å². The van der Waals surface area contributed by atoms with Crippen LogP contribution in [0.5, 0.6) is 0 Å². The van der Waals surface area contributed by atoms with Crippen molar-refractivity contribution in [1.29, 1.82) is 0 Å². The van der Waals surface area contributed by atoms with E-state index in [0.717, 1.165) is 43.4 Å². The molecule has 1 aliphatic heterocycles. The van der Waals surface area contributed by atoms with Crippen LogP contribution < -0.4 is 0 Å². The lowest BCUT2D eigenvalue weighted by atomic mass is 10.1. The number of carbonyl (C=O) groups excluding carboxylic acids is 1. The van der Waals surface area contributed by atoms with E-state index in [1.165, 1.54) is 13.0 Å². The maximum absolute atomic E-state index is 12.3. The van der Waals surface area contributed by atoms with Gasteiger partial charge in [-0.25, -0.2) is 0 Å². The lowest BCUT2D eigenvalue weighted by Gasteiger charge is -2.22. The van der Waals surface area contributed by atoms with Crippen LogP contribution >= 0.6 is 11.3 Å². The molecule has 3 nitrogen and oxygen atoms in total. The van der Waals surface area contributed by atoms with Crippen LogP contribution in [0.3, 0.4) is 0 Å². The Labute approximate surface area is 120 Å². The summed E-state index contributed by atoms with van der Waals surface area (Å²) in [5.74, 6) is 0.966. The summed E-state index contributed by atoms with van der Waals surface area (Å²) in [5.41, 5.74) is 0. The predicted octanol–water partition coefficient (Wildman–Crippen LogP) is 2.94. The van der Waals surface area contributed by atoms with E-state index in [-0.39, 0.29) is 5.91 Å². The highest BCUT2D eigenvalue weighted by Crippen LogP contribution is 2.14. The number of rotatable bonds is 4. The maximum atomic E-state index is 12.3. The summed E-state index contributed by atoms with van der Waals surface area (Å²) in [6.07, 6.45) is 2.34. The van der Waals surface area contributed by atoms with Crippen molar-refractivity contribution >= 4 is 17.2 Å². The van der Waals surface area contributed by atoms with Crippen LogP contribution in [0.2, 0.25) is 0 Å². The fraction of sp³-hybridized carbons (Fsp3) is 0.667. The van der Waals surface area contributed by atoms with Crippen LogP contribution in [0, 0.1) is 5.92 Å². The van der Waals surface area contributed by atoms with E-state index in [9.17, 15) is 4.79 Å². The third-order valence-corrected chi connectivity index (χ3v) is 4.49. The Balaban J connectivity index is 1.84. The van der Waals surface area contributed by atoms with Crippen LogP contribution in [0.4, 0.5) is 0 Å². The summed E-state index contributed by atoms with van der Waals surface area (Å²) in [5, 5.41) is 1.97. The number of hydrogen-bond donors (Lipinski definition) is 0. The molecule has 0 spiro atoms. The second-order valence-electron chi connectivity index (χ2n) is 5.65. The number of hydrogen-bond acceptors (Lipinski definition) is 3. The van der Waals surface area contributed by atoms with Gasteiger partial charge in [-0.2, -0.15) is 0 Å². The predicted molar refractivity (Wildman–Crippen MR) is 80.7 cm³/mol. The molecule has 0 aromatic carbocycles. The van der Waals surface area contributed by atoms with Gasteiger partial charge in [0.2, 0.25) is 0 Å². The molecular formula is C15H24N2OS. The minimum atomic E-state index is 0.209. The van der Waals surface area contributed by atoms with Crippen molar-refractivity contribution in [1.82, 2.24) is 9.80 Å². The highest BCUT2D eigenvalue weighted by molar-refractivity contribution is 7.12. The van der Waals surface area contributed by atoms with Gasteiger partial charge in [0.05, 0.1) is 4.88 Å². The van der Waals surface area contributed by atoms with Crippen molar-refractivity contribution in [3.05, 3.63) is 22.4 Å². The average molecular weight is 280 g/mol. The van der Waals surface area contributed by atoms with Crippen molar-refractivity contribution in [2.75, 3.05) is 32.7 Å². The normalized spacial score (nSPS) is 17.7. The Morgan fingerprint density at radius 3 is 2.84 bits per heavy atom. The fourth-order valence-electron chi connectivity index (χ4n) is 2.39. The first-order chi connectivity index (χ1) is 9.16. The summed E-state index contributed by atoms with van der Waals surface area (Å²) in [7, 11) is 0. The topological polar surface area (TPSA) is 23.6 Å². The van der Waals surface area contributed by atoms with Gasteiger partial charge in [0.1, 0.15) is 0 Å². The smallest absolute Gasteiger partial charge is 0.263 e. The number of thiophene rings is 1. The quantitative estimate of drug-likeness (QED) is 0.846. The number of nitrogens with zero attached hydrogens (tertiary/aromatic N) is 2. The molecule has 0 N–H and O–H groups in total. The Bertz CT molecular complexity index is 389. The monoisotopic (exact) mass is 280 g/mol. The molecule has 1 fully saturated rings. The van der Waals surface area contributed by atoms with Crippen molar-refractivity contribution in [3.63, 3.8) is 0 Å². The van der Waals surface area contributed by atoms with E-state index >= 15 is 0 Å². The maximum Gasteiger partial charge on any atom is 0.263 e. The van der Waals surface area contributed by atoms with Gasteiger partial charge in [-0.05, 0) is 43.3 Å². The summed E-state index contributed by atoms with van der Waals surface area (Å²) in [6.45, 7) is 9.61. The van der Waals surface area contributed by atoms with Crippen molar-refractivity contribution in [3.8, 4) is 0 Å². The van der Waals surface area contributed by atoms with Gasteiger partial charge < -0.3 is 9.80 Å². The molecule has 4 heteroatoms. The molecule has 1 saturated heterocycles. The molecule has 0 unspecified atom stereocenters. The van der Waals surface area contributed by atoms with Crippen LogP contribution in [0.25, 0.3) is 0 Å². The first kappa shape index (κ1) is 14.5. The first-order valence-electron chi connectivity index (χ1n) is 7.22. The van der Waals surface area contributed by atoms with E-state index in [1.54, 1.807) is 11.3 Å². The zero-order valence-electron chi connectivity index (χ0n) is 12.0. The first-order valence-corrected chi connectivity index (χ1v) is 8.10. The second kappa shape index (κ2) is 7.06. The van der Waals surface area contributed by atoms with Gasteiger partial charge in [-0.1, -0.05) is 19.9 Å². The van der Waals surface area contributed by atoms with Gasteiger partial charge >= 0.3 is 0 Å². The minimum Gasteiger partial charge on any atom is -0.337 e. The van der Waals surface area contributed by atoms with Gasteiger partial charge in [0.15, 0.2) is 0 Å². The van der Waals surface area contributed by atoms with Crippen molar-refractivity contribution in [2.24, 2.45) is 5.92 Å². The molecule has 19 heavy (non-hydrogen) atoms. The number of carbonyl (C=O) groups is 1.